The molecule has 2 rings (SSSR count). The van der Waals surface area contributed by atoms with E-state index in [4.69, 9.17) is 9.47 Å². The molecule has 0 aromatic heterocycles. The fraction of sp³-hybridized carbons (Fsp3) is 0.435. The van der Waals surface area contributed by atoms with Crippen LogP contribution in [-0.4, -0.2) is 24.3 Å². The van der Waals surface area contributed by atoms with E-state index in [1.165, 1.54) is 24.8 Å². The van der Waals surface area contributed by atoms with E-state index in [9.17, 15) is 9.90 Å². The summed E-state index contributed by atoms with van der Waals surface area (Å²) in [6.45, 7) is 10.4. The average molecular weight is 370 g/mol. The van der Waals surface area contributed by atoms with Crippen molar-refractivity contribution in [2.24, 2.45) is 5.41 Å². The summed E-state index contributed by atoms with van der Waals surface area (Å²) in [7, 11) is 1.45. The molecule has 0 bridgehead atoms. The van der Waals surface area contributed by atoms with Crippen molar-refractivity contribution >= 4 is 5.97 Å². The number of rotatable bonds is 3. The predicted octanol–water partition coefficient (Wildman–Crippen LogP) is 5.59. The molecule has 4 heteroatoms. The molecule has 1 aromatic rings. The highest BCUT2D eigenvalue weighted by Crippen LogP contribution is 2.33. The van der Waals surface area contributed by atoms with Crippen molar-refractivity contribution in [2.45, 2.75) is 52.6 Å². The first-order valence-corrected chi connectivity index (χ1v) is 9.33. The van der Waals surface area contributed by atoms with Crippen LogP contribution >= 0.6 is 0 Å². The summed E-state index contributed by atoms with van der Waals surface area (Å²) in [5, 5.41) is 9.73. The zero-order chi connectivity index (χ0) is 20.0. The number of benzene rings is 1. The topological polar surface area (TPSA) is 55.8 Å². The minimum Gasteiger partial charge on any atom is -0.504 e. The zero-order valence-corrected chi connectivity index (χ0v) is 16.7. The van der Waals surface area contributed by atoms with Gasteiger partial charge in [0.05, 0.1) is 12.7 Å². The van der Waals surface area contributed by atoms with Crippen LogP contribution in [0.2, 0.25) is 0 Å². The minimum atomic E-state index is -0.421. The minimum absolute atomic E-state index is 0.00784. The van der Waals surface area contributed by atoms with Crippen LogP contribution in [0.1, 0.15) is 56.8 Å². The quantitative estimate of drug-likeness (QED) is 0.557. The van der Waals surface area contributed by atoms with Gasteiger partial charge in [-0.25, -0.2) is 4.79 Å². The summed E-state index contributed by atoms with van der Waals surface area (Å²) < 4.78 is 11.0. The highest BCUT2D eigenvalue weighted by atomic mass is 16.5. The fourth-order valence-electron chi connectivity index (χ4n) is 3.07. The van der Waals surface area contributed by atoms with Gasteiger partial charge in [0.1, 0.15) is 6.10 Å². The maximum absolute atomic E-state index is 12.7. The summed E-state index contributed by atoms with van der Waals surface area (Å²) in [6, 6.07) is 4.48. The number of carbonyl (C=O) groups excluding carboxylic acids is 1. The van der Waals surface area contributed by atoms with Crippen LogP contribution in [0.3, 0.4) is 0 Å². The third-order valence-corrected chi connectivity index (χ3v) is 5.00. The molecular formula is C23H30O4. The Bertz CT molecular complexity index is 756. The maximum atomic E-state index is 12.7. The Balaban J connectivity index is 2.25. The molecular weight excluding hydrogens is 340 g/mol. The molecule has 1 aliphatic carbocycles. The van der Waals surface area contributed by atoms with Gasteiger partial charge in [0.15, 0.2) is 11.5 Å². The van der Waals surface area contributed by atoms with Gasteiger partial charge in [-0.05, 0) is 50.8 Å². The number of methoxy groups -OCH3 is 1. The number of phenolic OH excluding ortho intramolecular Hbond substituents is 1. The van der Waals surface area contributed by atoms with Gasteiger partial charge in [-0.15, -0.1) is 0 Å². The second kappa shape index (κ2) is 8.94. The van der Waals surface area contributed by atoms with E-state index in [2.05, 4.69) is 39.5 Å². The Kier molecular flexibility index (Phi) is 6.89. The smallest absolute Gasteiger partial charge is 0.338 e. The molecule has 4 nitrogen and oxygen atoms in total. The lowest BCUT2D eigenvalue weighted by molar-refractivity contribution is 0.00157. The van der Waals surface area contributed by atoms with Gasteiger partial charge in [-0.1, -0.05) is 49.8 Å². The van der Waals surface area contributed by atoms with Crippen molar-refractivity contribution in [1.82, 2.24) is 0 Å². The molecule has 0 aliphatic heterocycles. The fourth-order valence-corrected chi connectivity index (χ4v) is 3.07. The number of aromatic hydroxyl groups is 1. The van der Waals surface area contributed by atoms with Gasteiger partial charge in [0.25, 0.3) is 0 Å². The number of ether oxygens (including phenoxy) is 2. The van der Waals surface area contributed by atoms with E-state index < -0.39 is 5.97 Å². The van der Waals surface area contributed by atoms with Crippen molar-refractivity contribution < 1.29 is 19.4 Å². The molecule has 0 spiro atoms. The van der Waals surface area contributed by atoms with Crippen LogP contribution in [-0.2, 0) is 4.74 Å². The molecule has 1 aliphatic rings. The molecule has 0 saturated carbocycles. The van der Waals surface area contributed by atoms with Gasteiger partial charge in [0, 0.05) is 5.41 Å². The van der Waals surface area contributed by atoms with Gasteiger partial charge < -0.3 is 14.6 Å². The summed E-state index contributed by atoms with van der Waals surface area (Å²) >= 11 is 0. The summed E-state index contributed by atoms with van der Waals surface area (Å²) in [5.41, 5.74) is 2.40. The third kappa shape index (κ3) is 5.75. The molecule has 146 valence electrons. The van der Waals surface area contributed by atoms with Crippen molar-refractivity contribution in [2.75, 3.05) is 7.11 Å². The monoisotopic (exact) mass is 370 g/mol. The Hall–Kier alpha value is -2.49. The average Bonchev–Trinajstić information content (AvgIpc) is 2.64. The van der Waals surface area contributed by atoms with Gasteiger partial charge >= 0.3 is 5.97 Å². The van der Waals surface area contributed by atoms with Gasteiger partial charge in [-0.3, -0.25) is 0 Å². The summed E-state index contributed by atoms with van der Waals surface area (Å²) in [5.74, 6) is -0.178. The first kappa shape index (κ1) is 20.8. The lowest BCUT2D eigenvalue weighted by Gasteiger charge is -2.31. The van der Waals surface area contributed by atoms with E-state index >= 15 is 0 Å². The lowest BCUT2D eigenvalue weighted by Crippen LogP contribution is -2.33. The van der Waals surface area contributed by atoms with Crippen LogP contribution in [0.15, 0.2) is 54.2 Å². The first-order chi connectivity index (χ1) is 12.7. The zero-order valence-electron chi connectivity index (χ0n) is 16.7. The molecule has 0 heterocycles. The second-order valence-electron chi connectivity index (χ2n) is 7.72. The molecule has 0 amide bonds. The molecule has 1 atom stereocenters. The van der Waals surface area contributed by atoms with Crippen LogP contribution < -0.4 is 4.74 Å². The van der Waals surface area contributed by atoms with Crippen molar-refractivity contribution in [1.29, 1.82) is 0 Å². The van der Waals surface area contributed by atoms with E-state index in [-0.39, 0.29) is 23.0 Å². The van der Waals surface area contributed by atoms with Crippen LogP contribution in [0.4, 0.5) is 0 Å². The number of phenols is 1. The lowest BCUT2D eigenvalue weighted by atomic mass is 9.82. The molecule has 27 heavy (non-hydrogen) atoms. The SMILES string of the molecule is C=C1/C=C/C(C)(C)[C@H](OC(=O)c2ccc(O)c(OC)c2)CC/C(C)=C/CC1. The normalized spacial score (nSPS) is 23.5. The summed E-state index contributed by atoms with van der Waals surface area (Å²) in [6.07, 6.45) is 9.61. The Morgan fingerprint density at radius 2 is 2.04 bits per heavy atom. The van der Waals surface area contributed by atoms with E-state index in [1.54, 1.807) is 6.07 Å². The second-order valence-corrected chi connectivity index (χ2v) is 7.72. The molecule has 1 N–H and O–H groups in total. The standard InChI is InChI=1S/C23H30O4/c1-16-7-6-8-17(2)13-14-23(3,4)21(12-9-16)27-22(25)18-10-11-19(24)20(15-18)26-5/h7,10-11,13-15,21,24H,2,6,8-9,12H2,1,3-5H3/b14-13+,16-7+/t21-/m1/s1. The Morgan fingerprint density at radius 3 is 2.74 bits per heavy atom. The Labute approximate surface area is 162 Å². The highest BCUT2D eigenvalue weighted by molar-refractivity contribution is 5.90. The predicted molar refractivity (Wildman–Crippen MR) is 108 cm³/mol. The molecule has 0 unspecified atom stereocenters. The van der Waals surface area contributed by atoms with Crippen molar-refractivity contribution in [3.05, 3.63) is 59.7 Å². The molecule has 0 radical (unpaired) electrons. The van der Waals surface area contributed by atoms with Crippen molar-refractivity contribution in [3.63, 3.8) is 0 Å². The molecule has 0 saturated heterocycles. The van der Waals surface area contributed by atoms with Crippen LogP contribution in [0, 0.1) is 5.41 Å². The van der Waals surface area contributed by atoms with Gasteiger partial charge in [-0.2, -0.15) is 0 Å². The van der Waals surface area contributed by atoms with Crippen molar-refractivity contribution in [3.8, 4) is 11.5 Å². The van der Waals surface area contributed by atoms with E-state index in [0.717, 1.165) is 31.3 Å². The summed E-state index contributed by atoms with van der Waals surface area (Å²) in [4.78, 5) is 12.7. The van der Waals surface area contributed by atoms with E-state index in [0.29, 0.717) is 5.56 Å². The maximum Gasteiger partial charge on any atom is 0.338 e. The number of carbonyl (C=O) groups is 1. The first-order valence-electron chi connectivity index (χ1n) is 9.33. The number of allylic oxidation sites excluding steroid dienone is 4. The van der Waals surface area contributed by atoms with Gasteiger partial charge in [0.2, 0.25) is 0 Å². The largest absolute Gasteiger partial charge is 0.504 e. The molecule has 1 aromatic carbocycles. The third-order valence-electron chi connectivity index (χ3n) is 5.00. The number of hydrogen-bond acceptors (Lipinski definition) is 4. The molecule has 0 fully saturated rings. The van der Waals surface area contributed by atoms with Crippen LogP contribution in [0.5, 0.6) is 11.5 Å². The number of esters is 1. The van der Waals surface area contributed by atoms with Crippen LogP contribution in [0.25, 0.3) is 0 Å². The number of hydrogen-bond donors (Lipinski definition) is 1. The van der Waals surface area contributed by atoms with E-state index in [1.807, 2.05) is 6.08 Å². The highest BCUT2D eigenvalue weighted by Gasteiger charge is 2.31. The Morgan fingerprint density at radius 1 is 1.30 bits per heavy atom.